The highest BCUT2D eigenvalue weighted by molar-refractivity contribution is 5.85. The van der Waals surface area contributed by atoms with Gasteiger partial charge in [-0.3, -0.25) is 19.3 Å². The first-order chi connectivity index (χ1) is 28.3. The summed E-state index contributed by atoms with van der Waals surface area (Å²) in [6.07, 6.45) is -7.49. The number of nitrogens with zero attached hydrogens (tertiary/aromatic N) is 2. The molecule has 17 nitrogen and oxygen atoms in total. The normalized spacial score (nSPS) is 44.8. The number of Topliss-reactive ketones (excluding diaryl/α,β-unsaturated/α-hetero) is 1. The van der Waals surface area contributed by atoms with Gasteiger partial charge >= 0.3 is 18.0 Å². The molecular weight excluding hydrogens is 794 g/mol. The fraction of sp³-hybridized carbons (Fsp3) is 0.909. The van der Waals surface area contributed by atoms with E-state index in [0.29, 0.717) is 6.42 Å². The van der Waals surface area contributed by atoms with Gasteiger partial charge in [0, 0.05) is 63.9 Å². The molecule has 3 N–H and O–H groups in total. The number of ether oxygens (including phenoxy) is 9. The smallest absolute Gasteiger partial charge is 0.410 e. The van der Waals surface area contributed by atoms with Crippen LogP contribution < -0.4 is 5.73 Å². The van der Waals surface area contributed by atoms with Crippen molar-refractivity contribution < 1.29 is 66.9 Å². The molecule has 4 saturated heterocycles. The van der Waals surface area contributed by atoms with Gasteiger partial charge in [0.05, 0.1) is 42.0 Å². The van der Waals surface area contributed by atoms with E-state index in [1.54, 1.807) is 34.6 Å². The highest BCUT2D eigenvalue weighted by Gasteiger charge is 2.61. The van der Waals surface area contributed by atoms with Crippen LogP contribution in [0.2, 0.25) is 0 Å². The van der Waals surface area contributed by atoms with Crippen LogP contribution in [0, 0.1) is 23.7 Å². The molecule has 0 aromatic carbocycles. The Labute approximate surface area is 363 Å². The molecule has 0 aromatic heterocycles. The molecular formula is C44H77N3O14. The third-order valence-corrected chi connectivity index (χ3v) is 13.9. The molecule has 4 aliphatic rings. The van der Waals surface area contributed by atoms with E-state index in [1.807, 2.05) is 60.5 Å². The molecule has 0 saturated carbocycles. The van der Waals surface area contributed by atoms with E-state index in [-0.39, 0.29) is 43.7 Å². The third kappa shape index (κ3) is 10.7. The van der Waals surface area contributed by atoms with Gasteiger partial charge in [-0.05, 0) is 81.8 Å². The summed E-state index contributed by atoms with van der Waals surface area (Å²) in [5.74, 6) is -4.51. The number of hydrogen-bond donors (Lipinski definition) is 2. The van der Waals surface area contributed by atoms with Crippen LogP contribution in [-0.4, -0.2) is 164 Å². The first kappa shape index (κ1) is 51.2. The van der Waals surface area contributed by atoms with E-state index in [4.69, 9.17) is 48.4 Å². The number of ketones is 1. The van der Waals surface area contributed by atoms with Crippen LogP contribution in [0.3, 0.4) is 0 Å². The lowest BCUT2D eigenvalue weighted by Gasteiger charge is -2.50. The molecule has 352 valence electrons. The van der Waals surface area contributed by atoms with E-state index < -0.39 is 120 Å². The number of hydrogen-bond acceptors (Lipinski definition) is 16. The lowest BCUT2D eigenvalue weighted by atomic mass is 9.73. The summed E-state index contributed by atoms with van der Waals surface area (Å²) in [6.45, 7) is 21.2. The number of cyclic esters (lactones) is 1. The number of esters is 2. The summed E-state index contributed by atoms with van der Waals surface area (Å²) in [6, 6.07) is -1.59. The van der Waals surface area contributed by atoms with Crippen molar-refractivity contribution in [3.8, 4) is 0 Å². The van der Waals surface area contributed by atoms with Crippen LogP contribution >= 0.6 is 0 Å². The Kier molecular flexibility index (Phi) is 16.9. The Bertz CT molecular complexity index is 1540. The second-order valence-corrected chi connectivity index (χ2v) is 19.2. The Morgan fingerprint density at radius 1 is 0.951 bits per heavy atom. The molecule has 1 amide bonds. The first-order valence-electron chi connectivity index (χ1n) is 22.0. The molecule has 4 fully saturated rings. The second kappa shape index (κ2) is 20.1. The number of likely N-dealkylation sites (N-methyl/N-ethyl adjacent to an activating group) is 1. The van der Waals surface area contributed by atoms with Gasteiger partial charge in [-0.25, -0.2) is 4.79 Å². The van der Waals surface area contributed by atoms with Crippen LogP contribution in [0.4, 0.5) is 4.79 Å². The minimum absolute atomic E-state index is 0.111. The SMILES string of the molecule is CC[C@@H]1OC(=O)[C@H](C)[C@@H](O[C@H]2C[C@@](C)(OC)[C@@H](OC(C)=O)[C@H](C)O2)[C@H](C)[C@@H](O[C@@H]2O[C@H](C)C[C@H](N(C)C)[C@H]2O)[C@](C)(OC)C[C@@H](C)C(=O)[C@H](C)[C@H]2N(C[C@H](C)N)C(=O)O[C@]12C. The van der Waals surface area contributed by atoms with Gasteiger partial charge in [0.1, 0.15) is 23.6 Å². The fourth-order valence-corrected chi connectivity index (χ4v) is 10.5. The highest BCUT2D eigenvalue weighted by atomic mass is 16.7. The maximum atomic E-state index is 14.8. The molecule has 61 heavy (non-hydrogen) atoms. The Morgan fingerprint density at radius 3 is 2.10 bits per heavy atom. The maximum Gasteiger partial charge on any atom is 0.410 e. The summed E-state index contributed by atoms with van der Waals surface area (Å²) in [5, 5.41) is 11.8. The van der Waals surface area contributed by atoms with Crippen molar-refractivity contribution in [3.05, 3.63) is 0 Å². The first-order valence-corrected chi connectivity index (χ1v) is 22.0. The van der Waals surface area contributed by atoms with Crippen molar-refractivity contribution >= 4 is 23.8 Å². The standard InChI is InChI=1S/C44H77N3O14/c1-17-31-44(12)36(47(21-23(3)45)41(52)61-44)25(5)33(49)22(2)19-42(10,53-15)37(60-40-34(50)30(46(13)14)18-24(4)55-40)26(6)35(27(7)39(51)58-31)59-32-20-43(11,54-16)38(28(8)56-32)57-29(9)48/h22-28,30-32,34-38,40,50H,17-21,45H2,1-16H3/t22-,23+,24-,25+,26+,27-,28+,30+,31+,32+,34-,35+,36-,37-,38+,40+,42-,43-,44-/m1/s1. The van der Waals surface area contributed by atoms with Crippen LogP contribution in [0.5, 0.6) is 0 Å². The highest BCUT2D eigenvalue weighted by Crippen LogP contribution is 2.45. The summed E-state index contributed by atoms with van der Waals surface area (Å²) in [7, 11) is 6.82. The monoisotopic (exact) mass is 872 g/mol. The Hall–Kier alpha value is -2.48. The lowest BCUT2D eigenvalue weighted by Crippen LogP contribution is -2.62. The van der Waals surface area contributed by atoms with Crippen molar-refractivity contribution in [2.24, 2.45) is 29.4 Å². The lowest BCUT2D eigenvalue weighted by molar-refractivity contribution is -0.320. The number of amides is 1. The molecule has 0 radical (unpaired) electrons. The van der Waals surface area contributed by atoms with Crippen LogP contribution in [0.25, 0.3) is 0 Å². The van der Waals surface area contributed by atoms with Crippen molar-refractivity contribution in [3.63, 3.8) is 0 Å². The Balaban J connectivity index is 1.91. The summed E-state index contributed by atoms with van der Waals surface area (Å²) < 4.78 is 57.2. The topological polar surface area (TPSA) is 204 Å². The van der Waals surface area contributed by atoms with Crippen molar-refractivity contribution in [1.29, 1.82) is 0 Å². The van der Waals surface area contributed by atoms with E-state index in [0.717, 1.165) is 0 Å². The van der Waals surface area contributed by atoms with E-state index in [2.05, 4.69) is 0 Å². The molecule has 0 aromatic rings. The zero-order valence-corrected chi connectivity index (χ0v) is 39.5. The molecule has 17 heteroatoms. The average molecular weight is 872 g/mol. The zero-order valence-electron chi connectivity index (χ0n) is 39.5. The molecule has 19 atom stereocenters. The quantitative estimate of drug-likeness (QED) is 0.224. The van der Waals surface area contributed by atoms with Gasteiger partial charge < -0.3 is 58.4 Å². The number of aliphatic hydroxyl groups is 1. The van der Waals surface area contributed by atoms with E-state index >= 15 is 0 Å². The molecule has 0 spiro atoms. The van der Waals surface area contributed by atoms with E-state index in [9.17, 15) is 24.3 Å². The number of carbonyl (C=O) groups excluding carboxylic acids is 4. The molecule has 4 rings (SSSR count). The van der Waals surface area contributed by atoms with Gasteiger partial charge in [0.15, 0.2) is 24.3 Å². The minimum atomic E-state index is -1.44. The largest absolute Gasteiger partial charge is 0.458 e. The van der Waals surface area contributed by atoms with Gasteiger partial charge in [-0.1, -0.05) is 27.7 Å². The Morgan fingerprint density at radius 2 is 1.56 bits per heavy atom. The van der Waals surface area contributed by atoms with Crippen LogP contribution in [0.1, 0.15) is 109 Å². The van der Waals surface area contributed by atoms with Crippen molar-refractivity contribution in [2.75, 3.05) is 34.9 Å². The average Bonchev–Trinajstić information content (AvgIpc) is 3.43. The fourth-order valence-electron chi connectivity index (χ4n) is 10.5. The predicted octanol–water partition coefficient (Wildman–Crippen LogP) is 3.83. The molecule has 4 aliphatic heterocycles. The van der Waals surface area contributed by atoms with Gasteiger partial charge in [-0.15, -0.1) is 0 Å². The van der Waals surface area contributed by atoms with Crippen molar-refractivity contribution in [1.82, 2.24) is 9.80 Å². The number of rotatable bonds is 11. The number of methoxy groups -OCH3 is 2. The summed E-state index contributed by atoms with van der Waals surface area (Å²) >= 11 is 0. The molecule has 0 bridgehead atoms. The van der Waals surface area contributed by atoms with Crippen LogP contribution in [0.15, 0.2) is 0 Å². The molecule has 0 unspecified atom stereocenters. The maximum absolute atomic E-state index is 14.8. The number of carbonyl (C=O) groups is 4. The van der Waals surface area contributed by atoms with Gasteiger partial charge in [0.25, 0.3) is 0 Å². The summed E-state index contributed by atoms with van der Waals surface area (Å²) in [4.78, 5) is 58.9. The predicted molar refractivity (Wildman–Crippen MR) is 223 cm³/mol. The van der Waals surface area contributed by atoms with E-state index in [1.165, 1.54) is 26.0 Å². The number of fused-ring (bicyclic) bond motifs is 1. The van der Waals surface area contributed by atoms with Gasteiger partial charge in [0.2, 0.25) is 0 Å². The molecule has 0 aliphatic carbocycles. The number of aliphatic hydroxyl groups excluding tert-OH is 1. The third-order valence-electron chi connectivity index (χ3n) is 13.9. The van der Waals surface area contributed by atoms with Gasteiger partial charge in [-0.2, -0.15) is 0 Å². The minimum Gasteiger partial charge on any atom is -0.458 e. The molecule has 4 heterocycles. The van der Waals surface area contributed by atoms with Crippen LogP contribution in [-0.2, 0) is 57.0 Å². The second-order valence-electron chi connectivity index (χ2n) is 19.2. The van der Waals surface area contributed by atoms with Crippen molar-refractivity contribution in [2.45, 2.75) is 199 Å². The number of nitrogens with two attached hydrogens (primary N) is 1. The zero-order chi connectivity index (χ0) is 46.1. The summed E-state index contributed by atoms with van der Waals surface area (Å²) in [5.41, 5.74) is 2.50.